The van der Waals surface area contributed by atoms with Crippen LogP contribution in [0.1, 0.15) is 10.6 Å². The number of hydrogen-bond acceptors (Lipinski definition) is 6. The number of furan rings is 1. The normalized spacial score (nSPS) is 18.8. The average Bonchev–Trinajstić information content (AvgIpc) is 3.27. The standard InChI is InChI=1S/C20H17ClN4O4S/c21-13-3-5-14(6-4-13)25-18(27)15(17(26)22-20(25)30)12-23-7-9-24(10-8-23)19(28)16-2-1-11-29-16/h1-6,11-12H,7-10H2,(H,22,26,30). The predicted molar refractivity (Wildman–Crippen MR) is 114 cm³/mol. The third-order valence-electron chi connectivity index (χ3n) is 4.83. The Hall–Kier alpha value is -3.17. The van der Waals surface area contributed by atoms with Crippen LogP contribution in [0, 0.1) is 0 Å². The molecule has 0 bridgehead atoms. The zero-order chi connectivity index (χ0) is 21.3. The average molecular weight is 445 g/mol. The van der Waals surface area contributed by atoms with Gasteiger partial charge in [-0.3, -0.25) is 24.6 Å². The van der Waals surface area contributed by atoms with Gasteiger partial charge in [-0.15, -0.1) is 0 Å². The quantitative estimate of drug-likeness (QED) is 0.443. The summed E-state index contributed by atoms with van der Waals surface area (Å²) in [6, 6.07) is 9.87. The van der Waals surface area contributed by atoms with Gasteiger partial charge in [-0.25, -0.2) is 0 Å². The van der Waals surface area contributed by atoms with Crippen LogP contribution in [0.5, 0.6) is 0 Å². The fraction of sp³-hybridized carbons (Fsp3) is 0.200. The van der Waals surface area contributed by atoms with Crippen molar-refractivity contribution in [1.29, 1.82) is 0 Å². The number of carbonyl (C=O) groups excluding carboxylic acids is 3. The lowest BCUT2D eigenvalue weighted by atomic mass is 10.1. The number of nitrogens with one attached hydrogen (secondary N) is 1. The van der Waals surface area contributed by atoms with Crippen molar-refractivity contribution in [1.82, 2.24) is 15.1 Å². The van der Waals surface area contributed by atoms with E-state index in [0.717, 1.165) is 0 Å². The van der Waals surface area contributed by atoms with Gasteiger partial charge in [-0.05, 0) is 48.6 Å². The summed E-state index contributed by atoms with van der Waals surface area (Å²) in [4.78, 5) is 42.6. The maximum Gasteiger partial charge on any atom is 0.289 e. The first-order valence-corrected chi connectivity index (χ1v) is 9.96. The number of hydrogen-bond donors (Lipinski definition) is 1. The summed E-state index contributed by atoms with van der Waals surface area (Å²) in [6.45, 7) is 1.83. The molecule has 2 aromatic rings. The highest BCUT2D eigenvalue weighted by Crippen LogP contribution is 2.23. The summed E-state index contributed by atoms with van der Waals surface area (Å²) in [6.07, 6.45) is 2.98. The van der Waals surface area contributed by atoms with E-state index in [1.54, 1.807) is 41.3 Å². The number of piperazine rings is 1. The molecule has 10 heteroatoms. The van der Waals surface area contributed by atoms with Crippen LogP contribution in [0.15, 0.2) is 58.9 Å². The van der Waals surface area contributed by atoms with E-state index in [1.807, 2.05) is 4.90 Å². The van der Waals surface area contributed by atoms with Crippen molar-refractivity contribution in [2.45, 2.75) is 0 Å². The number of anilines is 1. The SMILES string of the molecule is O=C1NC(=S)N(c2ccc(Cl)cc2)C(=O)C1=CN1CCN(C(=O)c2ccco2)CC1. The van der Waals surface area contributed by atoms with E-state index in [1.165, 1.54) is 17.4 Å². The monoisotopic (exact) mass is 444 g/mol. The molecular formula is C20H17ClN4O4S. The first kappa shape index (κ1) is 20.1. The minimum absolute atomic E-state index is 0.0123. The second-order valence-electron chi connectivity index (χ2n) is 6.72. The van der Waals surface area contributed by atoms with Crippen LogP contribution in [-0.4, -0.2) is 58.8 Å². The van der Waals surface area contributed by atoms with Crippen molar-refractivity contribution in [3.8, 4) is 0 Å². The number of nitrogens with zero attached hydrogens (tertiary/aromatic N) is 3. The zero-order valence-corrected chi connectivity index (χ0v) is 17.3. The maximum atomic E-state index is 13.0. The van der Waals surface area contributed by atoms with E-state index in [4.69, 9.17) is 28.2 Å². The molecule has 2 saturated heterocycles. The largest absolute Gasteiger partial charge is 0.459 e. The third-order valence-corrected chi connectivity index (χ3v) is 5.37. The molecule has 0 radical (unpaired) electrons. The molecule has 1 aromatic heterocycles. The summed E-state index contributed by atoms with van der Waals surface area (Å²) < 4.78 is 5.16. The van der Waals surface area contributed by atoms with Crippen molar-refractivity contribution in [3.63, 3.8) is 0 Å². The third kappa shape index (κ3) is 3.94. The van der Waals surface area contributed by atoms with Gasteiger partial charge in [0.1, 0.15) is 5.57 Å². The lowest BCUT2D eigenvalue weighted by molar-refractivity contribution is -0.122. The highest BCUT2D eigenvalue weighted by atomic mass is 35.5. The van der Waals surface area contributed by atoms with Crippen LogP contribution in [-0.2, 0) is 9.59 Å². The lowest BCUT2D eigenvalue weighted by Gasteiger charge is -2.35. The van der Waals surface area contributed by atoms with Gasteiger partial charge in [0.05, 0.1) is 12.0 Å². The molecule has 154 valence electrons. The topological polar surface area (TPSA) is 86.1 Å². The number of benzene rings is 1. The van der Waals surface area contributed by atoms with Gasteiger partial charge in [0.2, 0.25) is 0 Å². The van der Waals surface area contributed by atoms with Crippen LogP contribution in [0.3, 0.4) is 0 Å². The molecule has 1 aromatic carbocycles. The van der Waals surface area contributed by atoms with Gasteiger partial charge in [-0.1, -0.05) is 11.6 Å². The van der Waals surface area contributed by atoms with Crippen LogP contribution >= 0.6 is 23.8 Å². The Morgan fingerprint density at radius 2 is 1.80 bits per heavy atom. The molecule has 2 fully saturated rings. The van der Waals surface area contributed by atoms with Crippen molar-refractivity contribution < 1.29 is 18.8 Å². The van der Waals surface area contributed by atoms with E-state index >= 15 is 0 Å². The number of rotatable bonds is 3. The molecule has 0 spiro atoms. The molecule has 4 rings (SSSR count). The number of thiocarbonyl (C=S) groups is 1. The number of halogens is 1. The van der Waals surface area contributed by atoms with Crippen LogP contribution in [0.2, 0.25) is 5.02 Å². The van der Waals surface area contributed by atoms with E-state index in [9.17, 15) is 14.4 Å². The van der Waals surface area contributed by atoms with Gasteiger partial charge in [0, 0.05) is 37.4 Å². The number of amides is 3. The minimum atomic E-state index is -0.552. The van der Waals surface area contributed by atoms with Gasteiger partial charge in [0.15, 0.2) is 10.9 Å². The zero-order valence-electron chi connectivity index (χ0n) is 15.7. The Morgan fingerprint density at radius 3 is 2.43 bits per heavy atom. The van der Waals surface area contributed by atoms with E-state index in [0.29, 0.717) is 36.9 Å². The molecule has 0 unspecified atom stereocenters. The van der Waals surface area contributed by atoms with Gasteiger partial charge < -0.3 is 14.2 Å². The molecule has 1 N–H and O–H groups in total. The Bertz CT molecular complexity index is 1030. The fourth-order valence-corrected chi connectivity index (χ4v) is 3.67. The molecule has 2 aliphatic heterocycles. The molecule has 0 saturated carbocycles. The van der Waals surface area contributed by atoms with Crippen LogP contribution in [0.25, 0.3) is 0 Å². The first-order valence-electron chi connectivity index (χ1n) is 9.18. The smallest absolute Gasteiger partial charge is 0.289 e. The van der Waals surface area contributed by atoms with Gasteiger partial charge >= 0.3 is 0 Å². The van der Waals surface area contributed by atoms with Crippen LogP contribution in [0.4, 0.5) is 5.69 Å². The lowest BCUT2D eigenvalue weighted by Crippen LogP contribution is -2.55. The van der Waals surface area contributed by atoms with Crippen molar-refractivity contribution in [2.75, 3.05) is 31.1 Å². The van der Waals surface area contributed by atoms with Crippen molar-refractivity contribution in [2.24, 2.45) is 0 Å². The Balaban J connectivity index is 1.48. The summed E-state index contributed by atoms with van der Waals surface area (Å²) in [5, 5.41) is 3.09. The Morgan fingerprint density at radius 1 is 1.10 bits per heavy atom. The summed E-state index contributed by atoms with van der Waals surface area (Å²) in [5.41, 5.74) is 0.485. The molecule has 3 heterocycles. The highest BCUT2D eigenvalue weighted by molar-refractivity contribution is 7.80. The highest BCUT2D eigenvalue weighted by Gasteiger charge is 2.35. The summed E-state index contributed by atoms with van der Waals surface area (Å²) in [5.74, 6) is -0.960. The second-order valence-corrected chi connectivity index (χ2v) is 7.55. The predicted octanol–water partition coefficient (Wildman–Crippen LogP) is 2.02. The summed E-state index contributed by atoms with van der Waals surface area (Å²) >= 11 is 11.1. The molecular weight excluding hydrogens is 428 g/mol. The van der Waals surface area contributed by atoms with Crippen LogP contribution < -0.4 is 10.2 Å². The molecule has 3 amide bonds. The first-order chi connectivity index (χ1) is 14.4. The Labute approximate surface area is 182 Å². The van der Waals surface area contributed by atoms with Gasteiger partial charge in [-0.2, -0.15) is 0 Å². The van der Waals surface area contributed by atoms with E-state index in [-0.39, 0.29) is 22.4 Å². The fourth-order valence-electron chi connectivity index (χ4n) is 3.26. The van der Waals surface area contributed by atoms with Gasteiger partial charge in [0.25, 0.3) is 17.7 Å². The molecule has 30 heavy (non-hydrogen) atoms. The molecule has 2 aliphatic rings. The van der Waals surface area contributed by atoms with Crippen molar-refractivity contribution in [3.05, 3.63) is 65.2 Å². The van der Waals surface area contributed by atoms with E-state index < -0.39 is 11.8 Å². The molecule has 0 atom stereocenters. The molecule has 8 nitrogen and oxygen atoms in total. The van der Waals surface area contributed by atoms with Crippen molar-refractivity contribution >= 4 is 52.3 Å². The summed E-state index contributed by atoms with van der Waals surface area (Å²) in [7, 11) is 0. The number of carbonyl (C=O) groups is 3. The molecule has 0 aliphatic carbocycles. The minimum Gasteiger partial charge on any atom is -0.459 e. The van der Waals surface area contributed by atoms with E-state index in [2.05, 4.69) is 5.32 Å². The Kier molecular flexibility index (Phi) is 5.56. The second kappa shape index (κ2) is 8.29. The maximum absolute atomic E-state index is 13.0.